The first-order valence-corrected chi connectivity index (χ1v) is 5.17. The van der Waals surface area contributed by atoms with E-state index in [0.29, 0.717) is 13.0 Å². The summed E-state index contributed by atoms with van der Waals surface area (Å²) >= 11 is 0. The molecular formula is C10H22N2O2. The predicted octanol–water partition coefficient (Wildman–Crippen LogP) is 0.119. The van der Waals surface area contributed by atoms with Gasteiger partial charge in [0.2, 0.25) is 5.91 Å². The normalized spacial score (nSPS) is 12.9. The zero-order valence-electron chi connectivity index (χ0n) is 9.34. The fraction of sp³-hybridized carbons (Fsp3) is 0.900. The summed E-state index contributed by atoms with van der Waals surface area (Å²) in [4.78, 5) is 10.8. The van der Waals surface area contributed by atoms with Gasteiger partial charge in [-0.05, 0) is 18.9 Å². The summed E-state index contributed by atoms with van der Waals surface area (Å²) in [6, 6.07) is 0. The van der Waals surface area contributed by atoms with Crippen molar-refractivity contribution >= 4 is 5.91 Å². The Balaban J connectivity index is 3.25. The molecular weight excluding hydrogens is 180 g/mol. The molecule has 0 spiro atoms. The van der Waals surface area contributed by atoms with Crippen LogP contribution in [-0.2, 0) is 4.79 Å². The maximum atomic E-state index is 10.8. The van der Waals surface area contributed by atoms with E-state index in [0.717, 1.165) is 13.0 Å². The molecule has 0 rings (SSSR count). The van der Waals surface area contributed by atoms with Gasteiger partial charge < -0.3 is 15.7 Å². The zero-order valence-corrected chi connectivity index (χ0v) is 9.34. The van der Waals surface area contributed by atoms with Gasteiger partial charge >= 0.3 is 0 Å². The van der Waals surface area contributed by atoms with Gasteiger partial charge in [0.25, 0.3) is 0 Å². The number of aliphatic hydroxyl groups excluding tert-OH is 1. The van der Waals surface area contributed by atoms with Gasteiger partial charge in [-0.3, -0.25) is 4.79 Å². The number of hydrogen-bond donors (Lipinski definition) is 3. The molecule has 0 radical (unpaired) electrons. The topological polar surface area (TPSA) is 61.4 Å². The van der Waals surface area contributed by atoms with Crippen molar-refractivity contribution in [2.45, 2.75) is 32.8 Å². The molecule has 0 aromatic heterocycles. The van der Waals surface area contributed by atoms with Crippen LogP contribution < -0.4 is 10.6 Å². The lowest BCUT2D eigenvalue weighted by atomic mass is 10.1. The first-order chi connectivity index (χ1) is 6.57. The van der Waals surface area contributed by atoms with Crippen molar-refractivity contribution in [3.05, 3.63) is 0 Å². The molecule has 0 aliphatic rings. The number of carbonyl (C=O) groups is 1. The van der Waals surface area contributed by atoms with Gasteiger partial charge in [-0.15, -0.1) is 0 Å². The highest BCUT2D eigenvalue weighted by Crippen LogP contribution is 1.98. The highest BCUT2D eigenvalue weighted by atomic mass is 16.3. The molecule has 1 amide bonds. The predicted molar refractivity (Wildman–Crippen MR) is 57.0 cm³/mol. The van der Waals surface area contributed by atoms with Crippen molar-refractivity contribution in [3.8, 4) is 0 Å². The third-order valence-corrected chi connectivity index (χ3v) is 2.16. The molecule has 0 fully saturated rings. The van der Waals surface area contributed by atoms with Crippen molar-refractivity contribution < 1.29 is 9.90 Å². The van der Waals surface area contributed by atoms with Gasteiger partial charge in [0.1, 0.15) is 0 Å². The molecule has 0 saturated heterocycles. The second-order valence-electron chi connectivity index (χ2n) is 3.79. The zero-order chi connectivity index (χ0) is 11.0. The second kappa shape index (κ2) is 7.76. The molecule has 1 atom stereocenters. The molecule has 0 aromatic rings. The summed E-state index contributed by atoms with van der Waals surface area (Å²) in [5, 5.41) is 15.1. The van der Waals surface area contributed by atoms with E-state index in [1.807, 2.05) is 13.8 Å². The average molecular weight is 202 g/mol. The largest absolute Gasteiger partial charge is 0.392 e. The standard InChI is InChI=1S/C10H22N2O2/c1-8(2)9(13)7-12-6-4-5-10(14)11-3/h8-9,12-13H,4-7H2,1-3H3,(H,11,14). The van der Waals surface area contributed by atoms with Gasteiger partial charge in [0.15, 0.2) is 0 Å². The SMILES string of the molecule is CNC(=O)CCCNCC(O)C(C)C. The Kier molecular flexibility index (Phi) is 7.42. The summed E-state index contributed by atoms with van der Waals surface area (Å²) < 4.78 is 0. The van der Waals surface area contributed by atoms with E-state index in [1.54, 1.807) is 7.05 Å². The lowest BCUT2D eigenvalue weighted by Crippen LogP contribution is -2.31. The van der Waals surface area contributed by atoms with Crippen molar-refractivity contribution in [3.63, 3.8) is 0 Å². The molecule has 3 N–H and O–H groups in total. The van der Waals surface area contributed by atoms with Crippen LogP contribution in [0.4, 0.5) is 0 Å². The van der Waals surface area contributed by atoms with Crippen molar-refractivity contribution in [1.82, 2.24) is 10.6 Å². The Labute approximate surface area is 86.1 Å². The third kappa shape index (κ3) is 6.86. The van der Waals surface area contributed by atoms with Crippen LogP contribution in [0.1, 0.15) is 26.7 Å². The van der Waals surface area contributed by atoms with Crippen LogP contribution in [0.5, 0.6) is 0 Å². The first-order valence-electron chi connectivity index (χ1n) is 5.17. The van der Waals surface area contributed by atoms with Crippen LogP contribution in [0.3, 0.4) is 0 Å². The Morgan fingerprint density at radius 1 is 1.43 bits per heavy atom. The molecule has 4 nitrogen and oxygen atoms in total. The average Bonchev–Trinajstić information content (AvgIpc) is 2.16. The summed E-state index contributed by atoms with van der Waals surface area (Å²) in [6.07, 6.45) is 1.06. The quantitative estimate of drug-likeness (QED) is 0.514. The third-order valence-electron chi connectivity index (χ3n) is 2.16. The van der Waals surface area contributed by atoms with Crippen molar-refractivity contribution in [1.29, 1.82) is 0 Å². The van der Waals surface area contributed by atoms with Crippen LogP contribution >= 0.6 is 0 Å². The Bertz CT molecular complexity index is 160. The molecule has 1 unspecified atom stereocenters. The molecule has 4 heteroatoms. The summed E-state index contributed by atoms with van der Waals surface area (Å²) in [7, 11) is 1.64. The van der Waals surface area contributed by atoms with Crippen molar-refractivity contribution in [2.75, 3.05) is 20.1 Å². The summed E-state index contributed by atoms with van der Waals surface area (Å²) in [5.74, 6) is 0.345. The number of nitrogens with one attached hydrogen (secondary N) is 2. The Morgan fingerprint density at radius 3 is 2.57 bits per heavy atom. The number of carbonyl (C=O) groups excluding carboxylic acids is 1. The summed E-state index contributed by atoms with van der Waals surface area (Å²) in [6.45, 7) is 5.34. The van der Waals surface area contributed by atoms with Crippen LogP contribution in [0.15, 0.2) is 0 Å². The molecule has 14 heavy (non-hydrogen) atoms. The van der Waals surface area contributed by atoms with Gasteiger partial charge in [0.05, 0.1) is 6.10 Å². The van der Waals surface area contributed by atoms with E-state index in [4.69, 9.17) is 0 Å². The smallest absolute Gasteiger partial charge is 0.219 e. The number of hydrogen-bond acceptors (Lipinski definition) is 3. The van der Waals surface area contributed by atoms with E-state index in [2.05, 4.69) is 10.6 Å². The highest BCUT2D eigenvalue weighted by molar-refractivity contribution is 5.75. The number of aliphatic hydroxyl groups is 1. The van der Waals surface area contributed by atoms with Crippen LogP contribution in [-0.4, -0.2) is 37.3 Å². The molecule has 84 valence electrons. The molecule has 0 aromatic carbocycles. The van der Waals surface area contributed by atoms with E-state index in [9.17, 15) is 9.90 Å². The molecule has 0 heterocycles. The minimum Gasteiger partial charge on any atom is -0.392 e. The highest BCUT2D eigenvalue weighted by Gasteiger charge is 2.07. The Morgan fingerprint density at radius 2 is 2.07 bits per heavy atom. The molecule has 0 aliphatic carbocycles. The summed E-state index contributed by atoms with van der Waals surface area (Å²) in [5.41, 5.74) is 0. The van der Waals surface area contributed by atoms with E-state index in [1.165, 1.54) is 0 Å². The van der Waals surface area contributed by atoms with Crippen molar-refractivity contribution in [2.24, 2.45) is 5.92 Å². The maximum absolute atomic E-state index is 10.8. The van der Waals surface area contributed by atoms with Crippen LogP contribution in [0.2, 0.25) is 0 Å². The van der Waals surface area contributed by atoms with Gasteiger partial charge in [-0.2, -0.15) is 0 Å². The van der Waals surface area contributed by atoms with Gasteiger partial charge in [0, 0.05) is 20.0 Å². The Hall–Kier alpha value is -0.610. The molecule has 0 bridgehead atoms. The molecule has 0 saturated carbocycles. The minimum atomic E-state index is -0.296. The van der Waals surface area contributed by atoms with E-state index < -0.39 is 0 Å². The fourth-order valence-corrected chi connectivity index (χ4v) is 0.985. The maximum Gasteiger partial charge on any atom is 0.219 e. The van der Waals surface area contributed by atoms with Crippen LogP contribution in [0.25, 0.3) is 0 Å². The number of amides is 1. The first kappa shape index (κ1) is 13.4. The lowest BCUT2D eigenvalue weighted by molar-refractivity contribution is -0.120. The molecule has 0 aliphatic heterocycles. The monoisotopic (exact) mass is 202 g/mol. The lowest BCUT2D eigenvalue weighted by Gasteiger charge is -2.14. The minimum absolute atomic E-state index is 0.0659. The van der Waals surface area contributed by atoms with Crippen LogP contribution in [0, 0.1) is 5.92 Å². The van der Waals surface area contributed by atoms with E-state index >= 15 is 0 Å². The second-order valence-corrected chi connectivity index (χ2v) is 3.79. The van der Waals surface area contributed by atoms with Gasteiger partial charge in [-0.1, -0.05) is 13.8 Å². The van der Waals surface area contributed by atoms with Gasteiger partial charge in [-0.25, -0.2) is 0 Å². The van der Waals surface area contributed by atoms with E-state index in [-0.39, 0.29) is 17.9 Å². The number of rotatable bonds is 7. The fourth-order valence-electron chi connectivity index (χ4n) is 0.985.